The van der Waals surface area contributed by atoms with Gasteiger partial charge in [-0.15, -0.1) is 0 Å². The summed E-state index contributed by atoms with van der Waals surface area (Å²) < 4.78 is 0. The highest BCUT2D eigenvalue weighted by atomic mass is 16.2. The number of benzene rings is 1. The molecule has 5 heteroatoms. The molecule has 0 unspecified atom stereocenters. The van der Waals surface area contributed by atoms with E-state index < -0.39 is 5.54 Å². The van der Waals surface area contributed by atoms with Crippen molar-refractivity contribution in [2.24, 2.45) is 29.1 Å². The van der Waals surface area contributed by atoms with Gasteiger partial charge in [-0.05, 0) is 118 Å². The van der Waals surface area contributed by atoms with Crippen LogP contribution in [0.1, 0.15) is 121 Å². The van der Waals surface area contributed by atoms with Gasteiger partial charge in [0, 0.05) is 34.6 Å². The lowest BCUT2D eigenvalue weighted by Crippen LogP contribution is -2.68. The average Bonchev–Trinajstić information content (AvgIpc) is 3.80. The summed E-state index contributed by atoms with van der Waals surface area (Å²) in [5, 5.41) is 5.06. The van der Waals surface area contributed by atoms with E-state index in [1.807, 2.05) is 0 Å². The standard InChI is InChI=1S/C36H49N3O2/c1-22-31(27-9-5-6-10-29(27)37-22)32-28(34(32,2)3)18-30(40)39(26-11-12-26)36(13-7-4-8-14-36)33(41)38-35-19-23-15-24(20-35)17-25(16-23)21-35/h5-6,9-10,23-26,28,32,37H,4,7-8,11-21H2,1-3H3,(H,38,41)/t23?,24?,25?,28-,32-,35?/m0/s1. The maximum Gasteiger partial charge on any atom is 0.246 e. The van der Waals surface area contributed by atoms with Crippen LogP contribution in [0.4, 0.5) is 0 Å². The number of carbonyl (C=O) groups excluding carboxylic acids is 2. The first-order valence-electron chi connectivity index (χ1n) is 16.9. The van der Waals surface area contributed by atoms with Gasteiger partial charge in [-0.3, -0.25) is 9.59 Å². The Kier molecular flexibility index (Phi) is 5.85. The second-order valence-corrected chi connectivity index (χ2v) is 16.1. The molecule has 1 aromatic carbocycles. The molecule has 2 amide bonds. The molecule has 41 heavy (non-hydrogen) atoms. The van der Waals surface area contributed by atoms with Crippen LogP contribution in [0.25, 0.3) is 10.9 Å². The summed E-state index contributed by atoms with van der Waals surface area (Å²) in [6, 6.07) is 8.85. The van der Waals surface area contributed by atoms with Crippen LogP contribution in [-0.2, 0) is 9.59 Å². The molecule has 9 rings (SSSR count). The van der Waals surface area contributed by atoms with Crippen molar-refractivity contribution in [3.05, 3.63) is 35.5 Å². The Morgan fingerprint density at radius 1 is 0.951 bits per heavy atom. The SMILES string of the molecule is Cc1[nH]c2ccccc2c1[C@@H]1[C@H](CC(=O)N(C2CC2)C2(C(=O)NC34CC5CC(CC(C5)C3)C4)CCCCC2)C1(C)C. The van der Waals surface area contributed by atoms with E-state index in [2.05, 4.69) is 60.2 Å². The highest BCUT2D eigenvalue weighted by Gasteiger charge is 2.62. The van der Waals surface area contributed by atoms with Crippen molar-refractivity contribution in [3.63, 3.8) is 0 Å². The number of rotatable bonds is 7. The Bertz CT molecular complexity index is 1340. The van der Waals surface area contributed by atoms with E-state index in [4.69, 9.17) is 0 Å². The first-order chi connectivity index (χ1) is 19.7. The van der Waals surface area contributed by atoms with Crippen molar-refractivity contribution in [1.82, 2.24) is 15.2 Å². The van der Waals surface area contributed by atoms with E-state index in [1.165, 1.54) is 67.1 Å². The third-order valence-electron chi connectivity index (χ3n) is 12.9. The summed E-state index contributed by atoms with van der Waals surface area (Å²) in [4.78, 5) is 35.0. The van der Waals surface area contributed by atoms with Gasteiger partial charge in [0.1, 0.15) is 5.54 Å². The number of para-hydroxylation sites is 1. The van der Waals surface area contributed by atoms with Gasteiger partial charge in [0.05, 0.1) is 0 Å². The van der Waals surface area contributed by atoms with Gasteiger partial charge >= 0.3 is 0 Å². The molecule has 1 heterocycles. The monoisotopic (exact) mass is 555 g/mol. The van der Waals surface area contributed by atoms with Gasteiger partial charge in [0.2, 0.25) is 11.8 Å². The number of nitrogens with zero attached hydrogens (tertiary/aromatic N) is 1. The molecule has 2 N–H and O–H groups in total. The van der Waals surface area contributed by atoms with Crippen LogP contribution in [0.5, 0.6) is 0 Å². The van der Waals surface area contributed by atoms with Crippen molar-refractivity contribution in [1.29, 1.82) is 0 Å². The zero-order chi connectivity index (χ0) is 28.1. The molecular weight excluding hydrogens is 506 g/mol. The Morgan fingerprint density at radius 3 is 2.22 bits per heavy atom. The summed E-state index contributed by atoms with van der Waals surface area (Å²) in [6.45, 7) is 6.87. The topological polar surface area (TPSA) is 65.2 Å². The Morgan fingerprint density at radius 2 is 1.59 bits per heavy atom. The number of aromatic nitrogens is 1. The number of aromatic amines is 1. The molecule has 7 fully saturated rings. The molecule has 2 aromatic rings. The fraction of sp³-hybridized carbons (Fsp3) is 0.722. The lowest BCUT2D eigenvalue weighted by atomic mass is 9.53. The molecule has 7 saturated carbocycles. The largest absolute Gasteiger partial charge is 0.358 e. The third kappa shape index (κ3) is 4.14. The molecule has 2 atom stereocenters. The van der Waals surface area contributed by atoms with Crippen molar-refractivity contribution in [3.8, 4) is 0 Å². The van der Waals surface area contributed by atoms with Gasteiger partial charge in [-0.1, -0.05) is 51.3 Å². The second-order valence-electron chi connectivity index (χ2n) is 16.1. The first-order valence-corrected chi connectivity index (χ1v) is 16.9. The number of hydrogen-bond donors (Lipinski definition) is 2. The number of nitrogens with one attached hydrogen (secondary N) is 2. The van der Waals surface area contributed by atoms with E-state index in [0.717, 1.165) is 56.3 Å². The normalized spacial score (nSPS) is 36.3. The smallest absolute Gasteiger partial charge is 0.246 e. The third-order valence-corrected chi connectivity index (χ3v) is 12.9. The van der Waals surface area contributed by atoms with Gasteiger partial charge in [-0.2, -0.15) is 0 Å². The molecule has 0 saturated heterocycles. The molecule has 1 aromatic heterocycles. The number of fused-ring (bicyclic) bond motifs is 1. The average molecular weight is 556 g/mol. The quantitative estimate of drug-likeness (QED) is 0.374. The van der Waals surface area contributed by atoms with Crippen LogP contribution in [0.2, 0.25) is 0 Å². The van der Waals surface area contributed by atoms with Crippen LogP contribution in [0.3, 0.4) is 0 Å². The van der Waals surface area contributed by atoms with Crippen molar-refractivity contribution in [2.75, 3.05) is 0 Å². The number of hydrogen-bond acceptors (Lipinski definition) is 2. The summed E-state index contributed by atoms with van der Waals surface area (Å²) in [5.41, 5.74) is 3.23. The lowest BCUT2D eigenvalue weighted by molar-refractivity contribution is -0.155. The summed E-state index contributed by atoms with van der Waals surface area (Å²) in [5.74, 6) is 3.52. The van der Waals surface area contributed by atoms with E-state index in [0.29, 0.717) is 18.3 Å². The number of aryl methyl sites for hydroxylation is 1. The minimum absolute atomic E-state index is 0.00893. The molecule has 5 nitrogen and oxygen atoms in total. The fourth-order valence-corrected chi connectivity index (χ4v) is 11.1. The van der Waals surface area contributed by atoms with Gasteiger partial charge in [0.15, 0.2) is 0 Å². The molecule has 0 aliphatic heterocycles. The maximum atomic E-state index is 14.6. The Labute approximate surface area is 245 Å². The van der Waals surface area contributed by atoms with E-state index in [9.17, 15) is 9.59 Å². The molecule has 0 radical (unpaired) electrons. The second kappa shape index (κ2) is 9.10. The van der Waals surface area contributed by atoms with Gasteiger partial charge < -0.3 is 15.2 Å². The molecule has 7 aliphatic carbocycles. The highest BCUT2D eigenvalue weighted by molar-refractivity contribution is 5.93. The van der Waals surface area contributed by atoms with Crippen molar-refractivity contribution in [2.45, 2.75) is 134 Å². The number of amides is 2. The zero-order valence-corrected chi connectivity index (χ0v) is 25.4. The molecule has 0 spiro atoms. The highest BCUT2D eigenvalue weighted by Crippen LogP contribution is 2.67. The van der Waals surface area contributed by atoms with Crippen LogP contribution < -0.4 is 5.32 Å². The molecule has 4 bridgehead atoms. The summed E-state index contributed by atoms with van der Waals surface area (Å²) in [6.07, 6.45) is 15.3. The van der Waals surface area contributed by atoms with Gasteiger partial charge in [-0.25, -0.2) is 0 Å². The Hall–Kier alpha value is -2.30. The van der Waals surface area contributed by atoms with Crippen LogP contribution >= 0.6 is 0 Å². The predicted octanol–water partition coefficient (Wildman–Crippen LogP) is 7.38. The van der Waals surface area contributed by atoms with Crippen LogP contribution in [0.15, 0.2) is 24.3 Å². The van der Waals surface area contributed by atoms with Crippen LogP contribution in [-0.4, -0.2) is 38.8 Å². The van der Waals surface area contributed by atoms with E-state index in [-0.39, 0.29) is 28.8 Å². The van der Waals surface area contributed by atoms with E-state index in [1.54, 1.807) is 0 Å². The van der Waals surface area contributed by atoms with Gasteiger partial charge in [0.25, 0.3) is 0 Å². The minimum atomic E-state index is -0.648. The van der Waals surface area contributed by atoms with Crippen LogP contribution in [0, 0.1) is 36.0 Å². The van der Waals surface area contributed by atoms with Crippen molar-refractivity contribution >= 4 is 22.7 Å². The molecule has 7 aliphatic rings. The summed E-state index contributed by atoms with van der Waals surface area (Å²) in [7, 11) is 0. The fourth-order valence-electron chi connectivity index (χ4n) is 11.1. The van der Waals surface area contributed by atoms with E-state index >= 15 is 0 Å². The maximum absolute atomic E-state index is 14.6. The zero-order valence-electron chi connectivity index (χ0n) is 25.4. The number of H-pyrrole nitrogens is 1. The number of carbonyl (C=O) groups is 2. The minimum Gasteiger partial charge on any atom is -0.358 e. The molecular formula is C36H49N3O2. The lowest BCUT2D eigenvalue weighted by Gasteiger charge is -2.58. The predicted molar refractivity (Wildman–Crippen MR) is 162 cm³/mol. The first kappa shape index (κ1) is 26.3. The van der Waals surface area contributed by atoms with Crippen molar-refractivity contribution < 1.29 is 9.59 Å². The molecule has 220 valence electrons. The Balaban J connectivity index is 1.07. The summed E-state index contributed by atoms with van der Waals surface area (Å²) >= 11 is 0.